The molecule has 1 unspecified atom stereocenters. The van der Waals surface area contributed by atoms with Gasteiger partial charge < -0.3 is 10.2 Å². The zero-order chi connectivity index (χ0) is 13.1. The zero-order valence-corrected chi connectivity index (χ0v) is 12.4. The lowest BCUT2D eigenvalue weighted by Crippen LogP contribution is -2.41. The Labute approximate surface area is 117 Å². The van der Waals surface area contributed by atoms with Crippen LogP contribution in [-0.2, 0) is 0 Å². The van der Waals surface area contributed by atoms with Crippen LogP contribution in [0, 0.1) is 0 Å². The molecule has 1 aromatic carbocycles. The number of hydrogen-bond donors (Lipinski definition) is 1. The molecule has 2 rings (SSSR count). The van der Waals surface area contributed by atoms with Crippen molar-refractivity contribution in [1.29, 1.82) is 0 Å². The third-order valence-electron chi connectivity index (χ3n) is 3.21. The topological polar surface area (TPSA) is 32.3 Å². The van der Waals surface area contributed by atoms with E-state index in [4.69, 9.17) is 0 Å². The molecule has 0 bridgehead atoms. The van der Waals surface area contributed by atoms with E-state index in [9.17, 15) is 4.79 Å². The number of nitrogens with one attached hydrogen (secondary N) is 1. The predicted molar refractivity (Wildman–Crippen MR) is 76.7 cm³/mol. The minimum Gasteiger partial charge on any atom is -0.336 e. The van der Waals surface area contributed by atoms with Gasteiger partial charge in [0.15, 0.2) is 0 Å². The first-order valence-electron chi connectivity index (χ1n) is 6.37. The van der Waals surface area contributed by atoms with Crippen LogP contribution < -0.4 is 5.32 Å². The van der Waals surface area contributed by atoms with E-state index < -0.39 is 0 Å². The molecule has 1 heterocycles. The van der Waals surface area contributed by atoms with E-state index in [0.29, 0.717) is 5.92 Å². The van der Waals surface area contributed by atoms with Crippen LogP contribution in [0.4, 0.5) is 4.79 Å². The van der Waals surface area contributed by atoms with Gasteiger partial charge in [-0.25, -0.2) is 4.79 Å². The normalized spacial score (nSPS) is 19.3. The maximum absolute atomic E-state index is 11.9. The van der Waals surface area contributed by atoms with Crippen LogP contribution in [0.15, 0.2) is 28.7 Å². The van der Waals surface area contributed by atoms with Crippen molar-refractivity contribution in [3.05, 3.63) is 34.3 Å². The monoisotopic (exact) mass is 310 g/mol. The number of benzene rings is 1. The van der Waals surface area contributed by atoms with Gasteiger partial charge in [0.2, 0.25) is 0 Å². The van der Waals surface area contributed by atoms with Crippen molar-refractivity contribution in [3.8, 4) is 0 Å². The minimum absolute atomic E-state index is 0.0579. The predicted octanol–water partition coefficient (Wildman–Crippen LogP) is 3.36. The van der Waals surface area contributed by atoms with E-state index in [-0.39, 0.29) is 12.1 Å². The van der Waals surface area contributed by atoms with Crippen LogP contribution in [0.5, 0.6) is 0 Å². The summed E-state index contributed by atoms with van der Waals surface area (Å²) < 4.78 is 1.10. The molecule has 0 radical (unpaired) electrons. The molecular weight excluding hydrogens is 292 g/mol. The fourth-order valence-electron chi connectivity index (χ4n) is 2.32. The maximum atomic E-state index is 11.9. The van der Waals surface area contributed by atoms with Crippen LogP contribution in [-0.4, -0.2) is 30.1 Å². The molecule has 18 heavy (non-hydrogen) atoms. The largest absolute Gasteiger partial charge is 0.336 e. The summed E-state index contributed by atoms with van der Waals surface area (Å²) in [4.78, 5) is 13.8. The molecule has 0 aromatic heterocycles. The van der Waals surface area contributed by atoms with Gasteiger partial charge >= 0.3 is 6.03 Å². The molecule has 0 aliphatic carbocycles. The number of urea groups is 1. The van der Waals surface area contributed by atoms with Gasteiger partial charge in [-0.1, -0.05) is 28.1 Å². The highest BCUT2D eigenvalue weighted by Gasteiger charge is 2.27. The van der Waals surface area contributed by atoms with Crippen LogP contribution in [0.1, 0.15) is 31.7 Å². The third-order valence-corrected chi connectivity index (χ3v) is 3.70. The Balaban J connectivity index is 1.98. The lowest BCUT2D eigenvalue weighted by atomic mass is 9.99. The quantitative estimate of drug-likeness (QED) is 0.892. The summed E-state index contributed by atoms with van der Waals surface area (Å²) >= 11 is 3.49. The molecular formula is C14H19BrN2O. The molecule has 1 aromatic rings. The summed E-state index contributed by atoms with van der Waals surface area (Å²) in [6.07, 6.45) is 1.04. The fraction of sp³-hybridized carbons (Fsp3) is 0.500. The second-order valence-electron chi connectivity index (χ2n) is 5.09. The van der Waals surface area contributed by atoms with Crippen molar-refractivity contribution in [2.45, 2.75) is 32.2 Å². The Morgan fingerprint density at radius 2 is 2.28 bits per heavy atom. The second kappa shape index (κ2) is 5.74. The van der Waals surface area contributed by atoms with Crippen LogP contribution in [0.25, 0.3) is 0 Å². The standard InChI is InChI=1S/C14H19BrN2O/c1-10(2)16-14(18)17-7-6-12(9-17)11-4-3-5-13(15)8-11/h3-5,8,10,12H,6-7,9H2,1-2H3,(H,16,18). The van der Waals surface area contributed by atoms with Crippen molar-refractivity contribution < 1.29 is 4.79 Å². The van der Waals surface area contributed by atoms with E-state index in [1.807, 2.05) is 24.8 Å². The Morgan fingerprint density at radius 3 is 2.94 bits per heavy atom. The third kappa shape index (κ3) is 3.25. The first-order valence-corrected chi connectivity index (χ1v) is 7.16. The molecule has 1 fully saturated rings. The number of amides is 2. The lowest BCUT2D eigenvalue weighted by Gasteiger charge is -2.19. The van der Waals surface area contributed by atoms with Crippen LogP contribution in [0.2, 0.25) is 0 Å². The molecule has 0 spiro atoms. The Morgan fingerprint density at radius 1 is 1.50 bits per heavy atom. The molecule has 1 saturated heterocycles. The van der Waals surface area contributed by atoms with E-state index in [1.165, 1.54) is 5.56 Å². The molecule has 98 valence electrons. The van der Waals surface area contributed by atoms with Crippen molar-refractivity contribution in [1.82, 2.24) is 10.2 Å². The molecule has 2 amide bonds. The van der Waals surface area contributed by atoms with E-state index in [2.05, 4.69) is 39.4 Å². The van der Waals surface area contributed by atoms with Gasteiger partial charge in [0.05, 0.1) is 0 Å². The van der Waals surface area contributed by atoms with Gasteiger partial charge in [0, 0.05) is 29.5 Å². The van der Waals surface area contributed by atoms with Crippen LogP contribution >= 0.6 is 15.9 Å². The fourth-order valence-corrected chi connectivity index (χ4v) is 2.73. The Kier molecular flexibility index (Phi) is 4.27. The first kappa shape index (κ1) is 13.4. The van der Waals surface area contributed by atoms with Gasteiger partial charge in [-0.3, -0.25) is 0 Å². The molecule has 1 N–H and O–H groups in total. The number of rotatable bonds is 2. The first-order chi connectivity index (χ1) is 8.56. The van der Waals surface area contributed by atoms with Crippen LogP contribution in [0.3, 0.4) is 0 Å². The van der Waals surface area contributed by atoms with Gasteiger partial charge in [0.1, 0.15) is 0 Å². The van der Waals surface area contributed by atoms with E-state index >= 15 is 0 Å². The summed E-state index contributed by atoms with van der Waals surface area (Å²) in [5.74, 6) is 0.459. The zero-order valence-electron chi connectivity index (χ0n) is 10.8. The van der Waals surface area contributed by atoms with Gasteiger partial charge in [-0.15, -0.1) is 0 Å². The number of nitrogens with zero attached hydrogens (tertiary/aromatic N) is 1. The SMILES string of the molecule is CC(C)NC(=O)N1CCC(c2cccc(Br)c2)C1. The molecule has 4 heteroatoms. The summed E-state index contributed by atoms with van der Waals surface area (Å²) in [5, 5.41) is 2.95. The average Bonchev–Trinajstić information content (AvgIpc) is 2.77. The van der Waals surface area contributed by atoms with E-state index in [0.717, 1.165) is 24.0 Å². The number of carbonyl (C=O) groups is 1. The molecule has 3 nitrogen and oxygen atoms in total. The molecule has 1 aliphatic rings. The van der Waals surface area contributed by atoms with E-state index in [1.54, 1.807) is 0 Å². The summed E-state index contributed by atoms with van der Waals surface area (Å²) in [6.45, 7) is 5.63. The van der Waals surface area contributed by atoms with Gasteiger partial charge in [-0.05, 0) is 38.0 Å². The Bertz CT molecular complexity index is 434. The van der Waals surface area contributed by atoms with Gasteiger partial charge in [-0.2, -0.15) is 0 Å². The Hall–Kier alpha value is -1.03. The average molecular weight is 311 g/mol. The second-order valence-corrected chi connectivity index (χ2v) is 6.01. The molecule has 0 saturated carbocycles. The van der Waals surface area contributed by atoms with Crippen molar-refractivity contribution in [2.24, 2.45) is 0 Å². The summed E-state index contributed by atoms with van der Waals surface area (Å²) in [5.41, 5.74) is 1.31. The summed E-state index contributed by atoms with van der Waals surface area (Å²) in [7, 11) is 0. The highest BCUT2D eigenvalue weighted by molar-refractivity contribution is 9.10. The van der Waals surface area contributed by atoms with Gasteiger partial charge in [0.25, 0.3) is 0 Å². The minimum atomic E-state index is 0.0579. The van der Waals surface area contributed by atoms with Crippen molar-refractivity contribution in [3.63, 3.8) is 0 Å². The number of halogens is 1. The highest BCUT2D eigenvalue weighted by atomic mass is 79.9. The highest BCUT2D eigenvalue weighted by Crippen LogP contribution is 2.28. The smallest absolute Gasteiger partial charge is 0.317 e. The number of hydrogen-bond acceptors (Lipinski definition) is 1. The molecule has 1 atom stereocenters. The van der Waals surface area contributed by atoms with Crippen molar-refractivity contribution >= 4 is 22.0 Å². The summed E-state index contributed by atoms with van der Waals surface area (Å²) in [6, 6.07) is 8.62. The molecule has 1 aliphatic heterocycles. The van der Waals surface area contributed by atoms with Crippen molar-refractivity contribution in [2.75, 3.05) is 13.1 Å². The lowest BCUT2D eigenvalue weighted by molar-refractivity contribution is 0.205. The maximum Gasteiger partial charge on any atom is 0.317 e. The number of likely N-dealkylation sites (tertiary alicyclic amines) is 1. The number of carbonyl (C=O) groups excluding carboxylic acids is 1.